The van der Waals surface area contributed by atoms with Crippen LogP contribution in [0.2, 0.25) is 0 Å². The maximum Gasteiger partial charge on any atom is 0.416 e. The number of carboxylic acid groups (broad SMARTS) is 1. The van der Waals surface area contributed by atoms with E-state index in [2.05, 4.69) is 5.16 Å². The monoisotopic (exact) mass is 423 g/mol. The molecule has 162 valence electrons. The number of alkyl halides is 3. The Kier molecular flexibility index (Phi) is 8.70. The number of oxime groups is 1. The summed E-state index contributed by atoms with van der Waals surface area (Å²) in [4.78, 5) is 16.1. The molecule has 0 amide bonds. The summed E-state index contributed by atoms with van der Waals surface area (Å²) in [6, 6.07) is 11.6. The summed E-state index contributed by atoms with van der Waals surface area (Å²) in [6.07, 6.45) is -2.15. The van der Waals surface area contributed by atoms with Gasteiger partial charge in [0, 0.05) is 0 Å². The molecule has 0 atom stereocenters. The molecule has 0 aliphatic heterocycles. The van der Waals surface area contributed by atoms with E-state index in [1.807, 2.05) is 6.92 Å². The molecule has 0 aliphatic rings. The lowest BCUT2D eigenvalue weighted by atomic mass is 10.0. The van der Waals surface area contributed by atoms with Crippen LogP contribution in [0, 0.1) is 0 Å². The highest BCUT2D eigenvalue weighted by Crippen LogP contribution is 2.29. The van der Waals surface area contributed by atoms with E-state index in [-0.39, 0.29) is 19.6 Å². The van der Waals surface area contributed by atoms with Gasteiger partial charge in [0.2, 0.25) is 0 Å². The number of carboxylic acids is 1. The maximum atomic E-state index is 12.7. The summed E-state index contributed by atoms with van der Waals surface area (Å²) < 4.78 is 43.8. The summed E-state index contributed by atoms with van der Waals surface area (Å²) >= 11 is 0. The molecule has 2 aromatic carbocycles. The van der Waals surface area contributed by atoms with Gasteiger partial charge in [0.05, 0.1) is 17.7 Å². The minimum absolute atomic E-state index is 0.0914. The average molecular weight is 423 g/mol. The first-order valence-electron chi connectivity index (χ1n) is 9.59. The first kappa shape index (κ1) is 23.3. The van der Waals surface area contributed by atoms with Gasteiger partial charge < -0.3 is 14.7 Å². The SMILES string of the molecule is CCCC/C(=N\OCCOc1cccc(CC(=O)O)c1)c1ccc(C(F)(F)F)cc1. The van der Waals surface area contributed by atoms with Crippen molar-refractivity contribution in [2.75, 3.05) is 13.2 Å². The third-order valence-corrected chi connectivity index (χ3v) is 4.18. The summed E-state index contributed by atoms with van der Waals surface area (Å²) in [5.74, 6) is -0.400. The zero-order valence-electron chi connectivity index (χ0n) is 16.6. The minimum Gasteiger partial charge on any atom is -0.490 e. The zero-order chi connectivity index (χ0) is 22.0. The fourth-order valence-electron chi connectivity index (χ4n) is 2.68. The maximum absolute atomic E-state index is 12.7. The quantitative estimate of drug-likeness (QED) is 0.302. The molecule has 0 saturated carbocycles. The van der Waals surface area contributed by atoms with Crippen LogP contribution in [0.25, 0.3) is 0 Å². The molecule has 0 heterocycles. The second-order valence-electron chi connectivity index (χ2n) is 6.62. The molecular weight excluding hydrogens is 399 g/mol. The predicted molar refractivity (Wildman–Crippen MR) is 107 cm³/mol. The molecule has 2 aromatic rings. The van der Waals surface area contributed by atoms with Crippen molar-refractivity contribution in [1.29, 1.82) is 0 Å². The van der Waals surface area contributed by atoms with Gasteiger partial charge in [-0.25, -0.2) is 0 Å². The molecule has 0 unspecified atom stereocenters. The van der Waals surface area contributed by atoms with Crippen LogP contribution in [0.1, 0.15) is 42.9 Å². The minimum atomic E-state index is -4.38. The second-order valence-corrected chi connectivity index (χ2v) is 6.62. The van der Waals surface area contributed by atoms with Gasteiger partial charge in [-0.2, -0.15) is 13.2 Å². The van der Waals surface area contributed by atoms with Gasteiger partial charge in [0.1, 0.15) is 12.4 Å². The normalized spacial score (nSPS) is 11.9. The first-order chi connectivity index (χ1) is 14.3. The molecule has 0 aromatic heterocycles. The van der Waals surface area contributed by atoms with E-state index in [4.69, 9.17) is 14.7 Å². The molecule has 0 radical (unpaired) electrons. The largest absolute Gasteiger partial charge is 0.490 e. The lowest BCUT2D eigenvalue weighted by Gasteiger charge is -2.10. The number of aliphatic carboxylic acids is 1. The number of carbonyl (C=O) groups is 1. The zero-order valence-corrected chi connectivity index (χ0v) is 16.6. The summed E-state index contributed by atoms with van der Waals surface area (Å²) in [5.41, 5.74) is 1.08. The van der Waals surface area contributed by atoms with Gasteiger partial charge >= 0.3 is 12.1 Å². The van der Waals surface area contributed by atoms with Crippen molar-refractivity contribution >= 4 is 11.7 Å². The molecule has 1 N–H and O–H groups in total. The van der Waals surface area contributed by atoms with Crippen LogP contribution >= 0.6 is 0 Å². The molecule has 0 saturated heterocycles. The number of hydrogen-bond acceptors (Lipinski definition) is 4. The molecule has 0 spiro atoms. The van der Waals surface area contributed by atoms with Crippen molar-refractivity contribution in [3.63, 3.8) is 0 Å². The highest BCUT2D eigenvalue weighted by atomic mass is 19.4. The Bertz CT molecular complexity index is 848. The summed E-state index contributed by atoms with van der Waals surface area (Å²) in [7, 11) is 0. The van der Waals surface area contributed by atoms with Gasteiger partial charge in [0.25, 0.3) is 0 Å². The van der Waals surface area contributed by atoms with Gasteiger partial charge in [-0.05, 0) is 48.2 Å². The van der Waals surface area contributed by atoms with E-state index in [1.165, 1.54) is 12.1 Å². The van der Waals surface area contributed by atoms with E-state index in [0.29, 0.717) is 29.0 Å². The summed E-state index contributed by atoms with van der Waals surface area (Å²) in [5, 5.41) is 12.9. The van der Waals surface area contributed by atoms with E-state index in [1.54, 1.807) is 24.3 Å². The first-order valence-corrected chi connectivity index (χ1v) is 9.59. The topological polar surface area (TPSA) is 68.1 Å². The van der Waals surface area contributed by atoms with Crippen LogP contribution in [0.15, 0.2) is 53.7 Å². The Morgan fingerprint density at radius 1 is 1.10 bits per heavy atom. The molecule has 0 bridgehead atoms. The number of hydrogen-bond donors (Lipinski definition) is 1. The highest BCUT2D eigenvalue weighted by molar-refractivity contribution is 6.00. The predicted octanol–water partition coefficient (Wildman–Crippen LogP) is 5.32. The van der Waals surface area contributed by atoms with Crippen LogP contribution < -0.4 is 4.74 Å². The van der Waals surface area contributed by atoms with E-state index >= 15 is 0 Å². The standard InChI is InChI=1S/C22H24F3NO4/c1-2-3-7-20(17-8-10-18(11-9-17)22(23,24)25)26-30-13-12-29-19-6-4-5-16(14-19)15-21(27)28/h4-6,8-11,14H,2-3,7,12-13,15H2,1H3,(H,27,28)/b26-20+. The van der Waals surface area contributed by atoms with Crippen LogP contribution in [-0.2, 0) is 22.2 Å². The Balaban J connectivity index is 1.93. The third kappa shape index (κ3) is 7.77. The molecule has 8 heteroatoms. The van der Waals surface area contributed by atoms with Crippen molar-refractivity contribution in [2.45, 2.75) is 38.8 Å². The Hall–Kier alpha value is -3.03. The number of benzene rings is 2. The van der Waals surface area contributed by atoms with E-state index in [9.17, 15) is 18.0 Å². The van der Waals surface area contributed by atoms with Gasteiger partial charge in [-0.15, -0.1) is 0 Å². The highest BCUT2D eigenvalue weighted by Gasteiger charge is 2.30. The van der Waals surface area contributed by atoms with Crippen molar-refractivity contribution in [3.05, 3.63) is 65.2 Å². The number of rotatable bonds is 11. The molecule has 0 fully saturated rings. The lowest BCUT2D eigenvalue weighted by molar-refractivity contribution is -0.138. The molecule has 2 rings (SSSR count). The van der Waals surface area contributed by atoms with Crippen molar-refractivity contribution < 1.29 is 32.6 Å². The van der Waals surface area contributed by atoms with Crippen LogP contribution in [0.4, 0.5) is 13.2 Å². The van der Waals surface area contributed by atoms with Crippen molar-refractivity contribution in [3.8, 4) is 5.75 Å². The Morgan fingerprint density at radius 2 is 1.83 bits per heavy atom. The van der Waals surface area contributed by atoms with Crippen LogP contribution in [0.5, 0.6) is 5.75 Å². The van der Waals surface area contributed by atoms with Crippen molar-refractivity contribution in [1.82, 2.24) is 0 Å². The number of ether oxygens (including phenoxy) is 1. The second kappa shape index (κ2) is 11.2. The average Bonchev–Trinajstić information content (AvgIpc) is 2.69. The lowest BCUT2D eigenvalue weighted by Crippen LogP contribution is -2.09. The number of nitrogens with zero attached hydrogens (tertiary/aromatic N) is 1. The number of halogens is 3. The van der Waals surface area contributed by atoms with Gasteiger partial charge in [-0.1, -0.05) is 42.8 Å². The molecular formula is C22H24F3NO4. The summed E-state index contributed by atoms with van der Waals surface area (Å²) in [6.45, 7) is 2.34. The fourth-order valence-corrected chi connectivity index (χ4v) is 2.68. The van der Waals surface area contributed by atoms with Crippen molar-refractivity contribution in [2.24, 2.45) is 5.16 Å². The molecule has 30 heavy (non-hydrogen) atoms. The number of unbranched alkanes of at least 4 members (excludes halogenated alkanes) is 1. The van der Waals surface area contributed by atoms with E-state index < -0.39 is 17.7 Å². The Morgan fingerprint density at radius 3 is 2.47 bits per heavy atom. The molecule has 5 nitrogen and oxygen atoms in total. The third-order valence-electron chi connectivity index (χ3n) is 4.18. The van der Waals surface area contributed by atoms with Gasteiger partial charge in [-0.3, -0.25) is 4.79 Å². The fraction of sp³-hybridized carbons (Fsp3) is 0.364. The van der Waals surface area contributed by atoms with Crippen LogP contribution in [0.3, 0.4) is 0 Å². The smallest absolute Gasteiger partial charge is 0.416 e. The van der Waals surface area contributed by atoms with Gasteiger partial charge in [0.15, 0.2) is 6.61 Å². The van der Waals surface area contributed by atoms with Crippen LogP contribution in [-0.4, -0.2) is 30.0 Å². The molecule has 0 aliphatic carbocycles. The Labute approximate surface area is 173 Å². The van der Waals surface area contributed by atoms with E-state index in [0.717, 1.165) is 25.0 Å².